The maximum Gasteiger partial charge on any atom is 0.254 e. The molecule has 0 aliphatic carbocycles. The van der Waals surface area contributed by atoms with Crippen molar-refractivity contribution in [1.82, 2.24) is 14.7 Å². The molecule has 2 aliphatic heterocycles. The van der Waals surface area contributed by atoms with Gasteiger partial charge in [0.25, 0.3) is 5.91 Å². The van der Waals surface area contributed by atoms with Crippen LogP contribution in [0.15, 0.2) is 53.1 Å². The molecule has 3 aromatic carbocycles. The third-order valence-corrected chi connectivity index (χ3v) is 8.88. The fourth-order valence-corrected chi connectivity index (χ4v) is 6.98. The van der Waals surface area contributed by atoms with Gasteiger partial charge in [-0.15, -0.1) is 0 Å². The Morgan fingerprint density at radius 1 is 1.07 bits per heavy atom. The minimum Gasteiger partial charge on any atom is -0.389 e. The van der Waals surface area contributed by atoms with Crippen LogP contribution < -0.4 is 5.73 Å². The van der Waals surface area contributed by atoms with Gasteiger partial charge in [-0.3, -0.25) is 9.48 Å². The third kappa shape index (κ3) is 5.10. The summed E-state index contributed by atoms with van der Waals surface area (Å²) in [5.74, 6) is -1.36. The average Bonchev–Trinajstić information content (AvgIpc) is 3.37. The highest BCUT2D eigenvalue weighted by Crippen LogP contribution is 2.40. The lowest BCUT2D eigenvalue weighted by Crippen LogP contribution is -2.50. The highest BCUT2D eigenvalue weighted by Gasteiger charge is 2.42. The molecule has 2 saturated heterocycles. The zero-order valence-electron chi connectivity index (χ0n) is 23.2. The first-order chi connectivity index (χ1) is 19.9. The molecule has 6 rings (SSSR count). The molecule has 3 heterocycles. The number of rotatable bonds is 5. The molecule has 2 bridgehead atoms. The van der Waals surface area contributed by atoms with Crippen LogP contribution in [0.25, 0.3) is 33.2 Å². The van der Waals surface area contributed by atoms with Gasteiger partial charge in [0, 0.05) is 40.7 Å². The molecule has 10 heteroatoms. The number of nitrogens with two attached hydrogens (primary N) is 1. The molecule has 3 N–H and O–H groups in total. The number of aromatic nitrogens is 2. The number of piperidine rings is 1. The van der Waals surface area contributed by atoms with Crippen LogP contribution in [0.1, 0.15) is 55.5 Å². The Hall–Kier alpha value is -3.65. The van der Waals surface area contributed by atoms with Gasteiger partial charge >= 0.3 is 0 Å². The lowest BCUT2D eigenvalue weighted by atomic mass is 9.90. The van der Waals surface area contributed by atoms with Crippen molar-refractivity contribution in [2.75, 3.05) is 0 Å². The van der Waals surface area contributed by atoms with Crippen molar-refractivity contribution in [2.45, 2.75) is 69.8 Å². The molecule has 2 unspecified atom stereocenters. The number of carbonyl (C=O) groups excluding carboxylic acids is 1. The van der Waals surface area contributed by atoms with Crippen molar-refractivity contribution in [3.63, 3.8) is 0 Å². The standard InChI is InChI=1S/C32H30BrF2N5O2/c1-32(2,42)16-39-29-14-28(35)25(13-26(29)30(33)38-39)23-8-5-18(9-24(23)17-3-4-19(15-36)27(34)10-17)31(41)40-21-6-7-22(40)12-20(37)11-21/h3-5,8-10,13-14,20-22,42H,6-7,11-12,16,37H2,1-2H3. The molecule has 4 aromatic rings. The number of nitrogens with zero attached hydrogens (tertiary/aromatic N) is 4. The number of hydrogen-bond donors (Lipinski definition) is 2. The van der Waals surface area contributed by atoms with E-state index < -0.39 is 17.2 Å². The van der Waals surface area contributed by atoms with Gasteiger partial charge in [-0.25, -0.2) is 8.78 Å². The van der Waals surface area contributed by atoms with Crippen LogP contribution in [0.5, 0.6) is 0 Å². The van der Waals surface area contributed by atoms with Gasteiger partial charge in [0.15, 0.2) is 0 Å². The number of aliphatic hydroxyl groups is 1. The Morgan fingerprint density at radius 2 is 1.79 bits per heavy atom. The van der Waals surface area contributed by atoms with E-state index in [1.54, 1.807) is 48.9 Å². The summed E-state index contributed by atoms with van der Waals surface area (Å²) < 4.78 is 32.8. The molecule has 7 nitrogen and oxygen atoms in total. The summed E-state index contributed by atoms with van der Waals surface area (Å²) in [6.07, 6.45) is 3.35. The Morgan fingerprint density at radius 3 is 2.43 bits per heavy atom. The lowest BCUT2D eigenvalue weighted by molar-refractivity contribution is 0.0572. The first kappa shape index (κ1) is 28.5. The Kier molecular flexibility index (Phi) is 7.16. The van der Waals surface area contributed by atoms with Gasteiger partial charge in [0.1, 0.15) is 22.3 Å². The Bertz CT molecular complexity index is 1760. The summed E-state index contributed by atoms with van der Waals surface area (Å²) in [5, 5.41) is 24.7. The van der Waals surface area contributed by atoms with Crippen LogP contribution in [0.3, 0.4) is 0 Å². The van der Waals surface area contributed by atoms with Crippen molar-refractivity contribution in [3.8, 4) is 28.3 Å². The minimum atomic E-state index is -1.07. The van der Waals surface area contributed by atoms with Crippen LogP contribution in [-0.4, -0.2) is 49.4 Å². The quantitative estimate of drug-likeness (QED) is 0.274. The van der Waals surface area contributed by atoms with E-state index in [-0.39, 0.29) is 41.7 Å². The second-order valence-electron chi connectivity index (χ2n) is 12.0. The third-order valence-electron chi connectivity index (χ3n) is 8.29. The van der Waals surface area contributed by atoms with Crippen molar-refractivity contribution < 1.29 is 18.7 Å². The summed E-state index contributed by atoms with van der Waals surface area (Å²) >= 11 is 3.47. The molecular weight excluding hydrogens is 604 g/mol. The number of hydrogen-bond acceptors (Lipinski definition) is 5. The zero-order chi connectivity index (χ0) is 29.9. The molecule has 0 saturated carbocycles. The largest absolute Gasteiger partial charge is 0.389 e. The van der Waals surface area contributed by atoms with E-state index in [2.05, 4.69) is 21.0 Å². The van der Waals surface area contributed by atoms with E-state index in [9.17, 15) is 19.6 Å². The predicted octanol–water partition coefficient (Wildman–Crippen LogP) is 6.15. The molecule has 42 heavy (non-hydrogen) atoms. The van der Waals surface area contributed by atoms with Crippen molar-refractivity contribution in [3.05, 3.63) is 75.9 Å². The summed E-state index contributed by atoms with van der Waals surface area (Å²) in [7, 11) is 0. The lowest BCUT2D eigenvalue weighted by Gasteiger charge is -2.38. The van der Waals surface area contributed by atoms with Crippen molar-refractivity contribution in [2.24, 2.45) is 5.73 Å². The van der Waals surface area contributed by atoms with Gasteiger partial charge in [-0.2, -0.15) is 10.4 Å². The molecule has 2 aliphatic rings. The number of halogens is 3. The minimum absolute atomic E-state index is 0.0798. The summed E-state index contributed by atoms with van der Waals surface area (Å²) in [6.45, 7) is 3.45. The molecule has 0 spiro atoms. The Balaban J connectivity index is 1.49. The van der Waals surface area contributed by atoms with Gasteiger partial charge in [-0.1, -0.05) is 12.1 Å². The molecule has 1 aromatic heterocycles. The molecule has 2 atom stereocenters. The van der Waals surface area contributed by atoms with Crippen molar-refractivity contribution in [1.29, 1.82) is 5.26 Å². The molecule has 1 amide bonds. The van der Waals surface area contributed by atoms with Crippen LogP contribution in [-0.2, 0) is 6.54 Å². The van der Waals surface area contributed by atoms with Crippen LogP contribution in [0.2, 0.25) is 0 Å². The van der Waals surface area contributed by atoms with E-state index in [4.69, 9.17) is 5.73 Å². The predicted molar refractivity (Wildman–Crippen MR) is 159 cm³/mol. The molecular formula is C32H30BrF2N5O2. The monoisotopic (exact) mass is 633 g/mol. The highest BCUT2D eigenvalue weighted by molar-refractivity contribution is 9.10. The van der Waals surface area contributed by atoms with E-state index >= 15 is 4.39 Å². The van der Waals surface area contributed by atoms with Crippen molar-refractivity contribution >= 4 is 32.7 Å². The number of fused-ring (bicyclic) bond motifs is 3. The van der Waals surface area contributed by atoms with Gasteiger partial charge in [0.2, 0.25) is 0 Å². The maximum atomic E-state index is 15.9. The van der Waals surface area contributed by atoms with E-state index in [1.807, 2.05) is 11.0 Å². The maximum absolute atomic E-state index is 15.9. The summed E-state index contributed by atoms with van der Waals surface area (Å²) in [6, 6.07) is 14.4. The fourth-order valence-electron chi connectivity index (χ4n) is 6.47. The molecule has 2 fully saturated rings. The average molecular weight is 635 g/mol. The topological polar surface area (TPSA) is 108 Å². The van der Waals surface area contributed by atoms with Crippen LogP contribution >= 0.6 is 15.9 Å². The highest BCUT2D eigenvalue weighted by atomic mass is 79.9. The number of nitriles is 1. The second kappa shape index (κ2) is 10.6. The van der Waals surface area contributed by atoms with E-state index in [1.165, 1.54) is 18.2 Å². The zero-order valence-corrected chi connectivity index (χ0v) is 24.8. The fraction of sp³-hybridized carbons (Fsp3) is 0.344. The normalized spacial score (nSPS) is 20.2. The SMILES string of the molecule is CC(C)(O)Cn1nc(Br)c2cc(-c3ccc(C(=O)N4C5CCC4CC(N)C5)cc3-c3ccc(C#N)c(F)c3)c(F)cc21. The molecule has 0 radical (unpaired) electrons. The second-order valence-corrected chi connectivity index (χ2v) is 12.8. The first-order valence-electron chi connectivity index (χ1n) is 13.9. The van der Waals surface area contributed by atoms with Gasteiger partial charge in [0.05, 0.1) is 23.2 Å². The van der Waals surface area contributed by atoms with E-state index in [0.29, 0.717) is 37.8 Å². The smallest absolute Gasteiger partial charge is 0.254 e. The van der Waals surface area contributed by atoms with Gasteiger partial charge < -0.3 is 15.7 Å². The molecule has 216 valence electrons. The van der Waals surface area contributed by atoms with Crippen LogP contribution in [0.4, 0.5) is 8.78 Å². The first-order valence-corrected chi connectivity index (χ1v) is 14.7. The van der Waals surface area contributed by atoms with Gasteiger partial charge in [-0.05, 0) is 102 Å². The Labute approximate surface area is 250 Å². The van der Waals surface area contributed by atoms with Crippen LogP contribution in [0, 0.1) is 23.0 Å². The number of amides is 1. The summed E-state index contributed by atoms with van der Waals surface area (Å²) in [4.78, 5) is 15.8. The summed E-state index contributed by atoms with van der Waals surface area (Å²) in [5.41, 5.74) is 7.55. The number of benzene rings is 3. The van der Waals surface area contributed by atoms with E-state index in [0.717, 1.165) is 25.7 Å². The number of carbonyl (C=O) groups is 1.